The molecule has 0 heteroatoms. The molecule has 0 bridgehead atoms. The van der Waals surface area contributed by atoms with E-state index < -0.39 is 0 Å². The van der Waals surface area contributed by atoms with Crippen molar-refractivity contribution in [2.24, 2.45) is 22.7 Å². The van der Waals surface area contributed by atoms with Gasteiger partial charge in [-0.15, -0.1) is 0 Å². The summed E-state index contributed by atoms with van der Waals surface area (Å²) in [7, 11) is 0. The third-order valence-corrected chi connectivity index (χ3v) is 3.00. The summed E-state index contributed by atoms with van der Waals surface area (Å²) >= 11 is 0. The SMILES string of the molecule is CC(C=CCC(C)(C)C)C(C)CC(C)(C)C. The molecule has 0 fully saturated rings. The van der Waals surface area contributed by atoms with Gasteiger partial charge in [0, 0.05) is 0 Å². The molecule has 0 saturated heterocycles. The second-order valence-corrected chi connectivity index (χ2v) is 7.79. The number of hydrogen-bond donors (Lipinski definition) is 0. The van der Waals surface area contributed by atoms with Gasteiger partial charge in [0.1, 0.15) is 0 Å². The smallest absolute Gasteiger partial charge is 0.0236 e. The largest absolute Gasteiger partial charge is 0.0877 e. The van der Waals surface area contributed by atoms with Crippen molar-refractivity contribution in [3.8, 4) is 0 Å². The van der Waals surface area contributed by atoms with Crippen LogP contribution in [0.15, 0.2) is 12.2 Å². The van der Waals surface area contributed by atoms with Gasteiger partial charge >= 0.3 is 0 Å². The molecule has 0 radical (unpaired) electrons. The Balaban J connectivity index is 4.10. The molecule has 2 atom stereocenters. The quantitative estimate of drug-likeness (QED) is 0.538. The molecule has 0 aromatic carbocycles. The van der Waals surface area contributed by atoms with Crippen LogP contribution in [0.4, 0.5) is 0 Å². The first-order chi connectivity index (χ1) is 7.01. The lowest BCUT2D eigenvalue weighted by molar-refractivity contribution is 0.272. The van der Waals surface area contributed by atoms with Crippen LogP contribution >= 0.6 is 0 Å². The Morgan fingerprint density at radius 3 is 1.75 bits per heavy atom. The molecule has 0 N–H and O–H groups in total. The van der Waals surface area contributed by atoms with E-state index in [2.05, 4.69) is 67.5 Å². The molecule has 0 aromatic heterocycles. The summed E-state index contributed by atoms with van der Waals surface area (Å²) in [5.41, 5.74) is 0.870. The number of hydrogen-bond acceptors (Lipinski definition) is 0. The Morgan fingerprint density at radius 1 is 0.875 bits per heavy atom. The zero-order valence-corrected chi connectivity index (χ0v) is 12.7. The minimum atomic E-state index is 0.420. The highest BCUT2D eigenvalue weighted by Gasteiger charge is 2.18. The molecule has 0 amide bonds. The fourth-order valence-corrected chi connectivity index (χ4v) is 1.98. The van der Waals surface area contributed by atoms with Gasteiger partial charge in [-0.25, -0.2) is 0 Å². The van der Waals surface area contributed by atoms with Crippen LogP contribution in [0.25, 0.3) is 0 Å². The van der Waals surface area contributed by atoms with E-state index in [0.29, 0.717) is 16.7 Å². The van der Waals surface area contributed by atoms with Gasteiger partial charge in [0.05, 0.1) is 0 Å². The summed E-state index contributed by atoms with van der Waals surface area (Å²) < 4.78 is 0. The van der Waals surface area contributed by atoms with Crippen LogP contribution in [0.5, 0.6) is 0 Å². The Kier molecular flexibility index (Phi) is 5.79. The van der Waals surface area contributed by atoms with E-state index in [-0.39, 0.29) is 0 Å². The van der Waals surface area contributed by atoms with Crippen LogP contribution in [0, 0.1) is 22.7 Å². The van der Waals surface area contributed by atoms with Crippen LogP contribution < -0.4 is 0 Å². The molecule has 0 aliphatic rings. The lowest BCUT2D eigenvalue weighted by atomic mass is 9.80. The van der Waals surface area contributed by atoms with Crippen molar-refractivity contribution in [3.05, 3.63) is 12.2 Å². The summed E-state index contributed by atoms with van der Waals surface area (Å²) in [4.78, 5) is 0. The molecule has 0 aliphatic carbocycles. The van der Waals surface area contributed by atoms with Crippen LogP contribution in [0.3, 0.4) is 0 Å². The van der Waals surface area contributed by atoms with Crippen LogP contribution in [-0.2, 0) is 0 Å². The van der Waals surface area contributed by atoms with E-state index in [4.69, 9.17) is 0 Å². The maximum Gasteiger partial charge on any atom is -0.0236 e. The maximum atomic E-state index is 2.40. The summed E-state index contributed by atoms with van der Waals surface area (Å²) in [6, 6.07) is 0. The van der Waals surface area contributed by atoms with Gasteiger partial charge < -0.3 is 0 Å². The van der Waals surface area contributed by atoms with Gasteiger partial charge in [-0.3, -0.25) is 0 Å². The Morgan fingerprint density at radius 2 is 1.38 bits per heavy atom. The molecule has 0 aliphatic heterocycles. The lowest BCUT2D eigenvalue weighted by Crippen LogP contribution is -2.15. The Labute approximate surface area is 104 Å². The maximum absolute atomic E-state index is 2.40. The van der Waals surface area contributed by atoms with Crippen molar-refractivity contribution in [2.45, 2.75) is 68.2 Å². The van der Waals surface area contributed by atoms with E-state index in [0.717, 1.165) is 5.92 Å². The lowest BCUT2D eigenvalue weighted by Gasteiger charge is -2.26. The predicted molar refractivity (Wildman–Crippen MR) is 75.6 cm³/mol. The number of rotatable bonds is 4. The second kappa shape index (κ2) is 5.89. The first-order valence-electron chi connectivity index (χ1n) is 6.68. The predicted octanol–water partition coefficient (Wildman–Crippen LogP) is 5.69. The number of allylic oxidation sites excluding steroid dienone is 2. The highest BCUT2D eigenvalue weighted by atomic mass is 14.2. The van der Waals surface area contributed by atoms with E-state index in [9.17, 15) is 0 Å². The van der Waals surface area contributed by atoms with Crippen molar-refractivity contribution in [1.29, 1.82) is 0 Å². The first-order valence-corrected chi connectivity index (χ1v) is 6.68. The van der Waals surface area contributed by atoms with Crippen LogP contribution in [0.1, 0.15) is 68.2 Å². The van der Waals surface area contributed by atoms with Crippen molar-refractivity contribution < 1.29 is 0 Å². The molecule has 0 rings (SSSR count). The molecule has 2 unspecified atom stereocenters. The second-order valence-electron chi connectivity index (χ2n) is 7.79. The highest BCUT2D eigenvalue weighted by Crippen LogP contribution is 2.29. The Hall–Kier alpha value is -0.260. The molecule has 0 nitrogen and oxygen atoms in total. The van der Waals surface area contributed by atoms with Crippen LogP contribution in [-0.4, -0.2) is 0 Å². The molecule has 96 valence electrons. The van der Waals surface area contributed by atoms with Crippen molar-refractivity contribution in [1.82, 2.24) is 0 Å². The average molecular weight is 224 g/mol. The third kappa shape index (κ3) is 9.00. The summed E-state index contributed by atoms with van der Waals surface area (Å²) in [6.07, 6.45) is 7.25. The van der Waals surface area contributed by atoms with Crippen LogP contribution in [0.2, 0.25) is 0 Å². The normalized spacial score (nSPS) is 17.8. The van der Waals surface area contributed by atoms with E-state index >= 15 is 0 Å². The van der Waals surface area contributed by atoms with Gasteiger partial charge in [-0.2, -0.15) is 0 Å². The molecule has 16 heavy (non-hydrogen) atoms. The summed E-state index contributed by atoms with van der Waals surface area (Å²) in [5, 5.41) is 0. The minimum Gasteiger partial charge on any atom is -0.0877 e. The zero-order valence-electron chi connectivity index (χ0n) is 12.7. The van der Waals surface area contributed by atoms with Gasteiger partial charge in [-0.05, 0) is 35.5 Å². The zero-order chi connectivity index (χ0) is 13.0. The summed E-state index contributed by atoms with van der Waals surface area (Å²) in [5.74, 6) is 1.47. The molecular weight excluding hydrogens is 192 g/mol. The monoisotopic (exact) mass is 224 g/mol. The van der Waals surface area contributed by atoms with Crippen molar-refractivity contribution >= 4 is 0 Å². The topological polar surface area (TPSA) is 0 Å². The van der Waals surface area contributed by atoms with Gasteiger partial charge in [0.2, 0.25) is 0 Å². The average Bonchev–Trinajstić information content (AvgIpc) is 1.98. The van der Waals surface area contributed by atoms with E-state index in [1.54, 1.807) is 0 Å². The first kappa shape index (κ1) is 15.7. The van der Waals surface area contributed by atoms with E-state index in [1.165, 1.54) is 12.8 Å². The van der Waals surface area contributed by atoms with Crippen molar-refractivity contribution in [3.63, 3.8) is 0 Å². The molecule has 0 aromatic rings. The van der Waals surface area contributed by atoms with E-state index in [1.807, 2.05) is 0 Å². The fourth-order valence-electron chi connectivity index (χ4n) is 1.98. The minimum absolute atomic E-state index is 0.420. The van der Waals surface area contributed by atoms with Gasteiger partial charge in [0.25, 0.3) is 0 Å². The highest BCUT2D eigenvalue weighted by molar-refractivity contribution is 4.91. The Bertz CT molecular complexity index is 209. The molecule has 0 spiro atoms. The fraction of sp³-hybridized carbons (Fsp3) is 0.875. The standard InChI is InChI=1S/C16H32/c1-13(10-9-11-15(3,4)5)14(2)12-16(6,7)8/h9-10,13-14H,11-12H2,1-8H3. The van der Waals surface area contributed by atoms with Gasteiger partial charge in [-0.1, -0.05) is 67.5 Å². The van der Waals surface area contributed by atoms with Gasteiger partial charge in [0.15, 0.2) is 0 Å². The molecular formula is C16H32. The van der Waals surface area contributed by atoms with Crippen molar-refractivity contribution in [2.75, 3.05) is 0 Å². The summed E-state index contributed by atoms with van der Waals surface area (Å²) in [6.45, 7) is 18.6. The molecule has 0 saturated carbocycles. The third-order valence-electron chi connectivity index (χ3n) is 3.00. The molecule has 0 heterocycles.